The fourth-order valence-electron chi connectivity index (χ4n) is 1.30. The Kier molecular flexibility index (Phi) is 2.39. The highest BCUT2D eigenvalue weighted by Crippen LogP contribution is 2.11. The minimum absolute atomic E-state index is 0.692. The molecule has 0 saturated heterocycles. The molecule has 0 fully saturated rings. The molecule has 2 heterocycles. The Morgan fingerprint density at radius 2 is 2.14 bits per heavy atom. The van der Waals surface area contributed by atoms with Crippen molar-refractivity contribution >= 4 is 17.2 Å². The summed E-state index contributed by atoms with van der Waals surface area (Å²) in [5, 5.41) is 8.82. The Labute approximate surface area is 87.1 Å². The Morgan fingerprint density at radius 3 is 2.86 bits per heavy atom. The van der Waals surface area contributed by atoms with Gasteiger partial charge in [0.15, 0.2) is 11.5 Å². The SMILES string of the molecule is CN(C)Cc1nnc2ccc(Cl)cn12. The predicted molar refractivity (Wildman–Crippen MR) is 55.4 cm³/mol. The molecule has 14 heavy (non-hydrogen) atoms. The number of pyridine rings is 1. The quantitative estimate of drug-likeness (QED) is 0.752. The molecule has 74 valence electrons. The van der Waals surface area contributed by atoms with Gasteiger partial charge in [-0.1, -0.05) is 11.6 Å². The number of fused-ring (bicyclic) bond motifs is 1. The number of hydrogen-bond acceptors (Lipinski definition) is 3. The van der Waals surface area contributed by atoms with E-state index in [4.69, 9.17) is 11.6 Å². The van der Waals surface area contributed by atoms with Crippen molar-refractivity contribution in [3.63, 3.8) is 0 Å². The smallest absolute Gasteiger partial charge is 0.160 e. The van der Waals surface area contributed by atoms with Gasteiger partial charge in [0.1, 0.15) is 0 Å². The van der Waals surface area contributed by atoms with Crippen molar-refractivity contribution in [3.05, 3.63) is 29.2 Å². The van der Waals surface area contributed by atoms with Crippen LogP contribution in [-0.2, 0) is 6.54 Å². The zero-order valence-electron chi connectivity index (χ0n) is 8.11. The van der Waals surface area contributed by atoms with Crippen molar-refractivity contribution in [2.45, 2.75) is 6.54 Å². The highest BCUT2D eigenvalue weighted by molar-refractivity contribution is 6.30. The molecular formula is C9H11ClN4. The van der Waals surface area contributed by atoms with E-state index in [1.165, 1.54) is 0 Å². The zero-order chi connectivity index (χ0) is 10.1. The van der Waals surface area contributed by atoms with E-state index < -0.39 is 0 Å². The van der Waals surface area contributed by atoms with Gasteiger partial charge in [0.2, 0.25) is 0 Å². The third kappa shape index (κ3) is 1.71. The van der Waals surface area contributed by atoms with Gasteiger partial charge in [0.05, 0.1) is 11.6 Å². The topological polar surface area (TPSA) is 33.4 Å². The molecule has 2 rings (SSSR count). The van der Waals surface area contributed by atoms with Crippen LogP contribution in [0.3, 0.4) is 0 Å². The zero-order valence-corrected chi connectivity index (χ0v) is 8.86. The first-order valence-electron chi connectivity index (χ1n) is 4.31. The van der Waals surface area contributed by atoms with Crippen molar-refractivity contribution in [1.29, 1.82) is 0 Å². The van der Waals surface area contributed by atoms with Gasteiger partial charge in [-0.05, 0) is 26.2 Å². The fourth-order valence-corrected chi connectivity index (χ4v) is 1.46. The molecule has 0 aliphatic carbocycles. The van der Waals surface area contributed by atoms with Gasteiger partial charge in [-0.15, -0.1) is 10.2 Å². The van der Waals surface area contributed by atoms with Crippen LogP contribution in [0.5, 0.6) is 0 Å². The summed E-state index contributed by atoms with van der Waals surface area (Å²) >= 11 is 5.89. The maximum Gasteiger partial charge on any atom is 0.160 e. The Morgan fingerprint density at radius 1 is 1.36 bits per heavy atom. The molecule has 0 radical (unpaired) electrons. The highest BCUT2D eigenvalue weighted by Gasteiger charge is 2.05. The van der Waals surface area contributed by atoms with Crippen LogP contribution >= 0.6 is 11.6 Å². The first kappa shape index (κ1) is 9.43. The number of hydrogen-bond donors (Lipinski definition) is 0. The van der Waals surface area contributed by atoms with E-state index in [2.05, 4.69) is 10.2 Å². The summed E-state index contributed by atoms with van der Waals surface area (Å²) in [6.07, 6.45) is 1.83. The van der Waals surface area contributed by atoms with Gasteiger partial charge >= 0.3 is 0 Å². The van der Waals surface area contributed by atoms with Crippen LogP contribution in [0.4, 0.5) is 0 Å². The molecule has 2 aromatic heterocycles. The van der Waals surface area contributed by atoms with Gasteiger partial charge in [-0.3, -0.25) is 4.40 Å². The van der Waals surface area contributed by atoms with E-state index in [0.717, 1.165) is 18.0 Å². The first-order valence-corrected chi connectivity index (χ1v) is 4.68. The standard InChI is InChI=1S/C9H11ClN4/c1-13(2)6-9-12-11-8-4-3-7(10)5-14(8)9/h3-5H,6H2,1-2H3. The van der Waals surface area contributed by atoms with Crippen molar-refractivity contribution in [1.82, 2.24) is 19.5 Å². The third-order valence-corrected chi connectivity index (χ3v) is 2.12. The lowest BCUT2D eigenvalue weighted by Gasteiger charge is -2.07. The van der Waals surface area contributed by atoms with Gasteiger partial charge in [0, 0.05) is 6.20 Å². The fraction of sp³-hybridized carbons (Fsp3) is 0.333. The van der Waals surface area contributed by atoms with E-state index in [1.807, 2.05) is 41.7 Å². The van der Waals surface area contributed by atoms with Crippen LogP contribution in [0.15, 0.2) is 18.3 Å². The van der Waals surface area contributed by atoms with E-state index >= 15 is 0 Å². The lowest BCUT2D eigenvalue weighted by molar-refractivity contribution is 0.388. The van der Waals surface area contributed by atoms with Crippen LogP contribution in [0.2, 0.25) is 5.02 Å². The second-order valence-corrected chi connectivity index (χ2v) is 3.87. The average molecular weight is 211 g/mol. The molecule has 0 N–H and O–H groups in total. The lowest BCUT2D eigenvalue weighted by atomic mass is 10.4. The number of rotatable bonds is 2. The average Bonchev–Trinajstić information content (AvgIpc) is 2.47. The molecule has 0 aromatic carbocycles. The van der Waals surface area contributed by atoms with Crippen molar-refractivity contribution < 1.29 is 0 Å². The molecule has 0 aliphatic heterocycles. The van der Waals surface area contributed by atoms with Crippen LogP contribution in [0.1, 0.15) is 5.82 Å². The second-order valence-electron chi connectivity index (χ2n) is 3.43. The molecule has 0 amide bonds. The molecule has 0 bridgehead atoms. The Hall–Kier alpha value is -1.13. The predicted octanol–water partition coefficient (Wildman–Crippen LogP) is 1.44. The van der Waals surface area contributed by atoms with Crippen molar-refractivity contribution in [2.24, 2.45) is 0 Å². The summed E-state index contributed by atoms with van der Waals surface area (Å²) in [7, 11) is 3.98. The summed E-state index contributed by atoms with van der Waals surface area (Å²) in [4.78, 5) is 2.04. The van der Waals surface area contributed by atoms with E-state index in [9.17, 15) is 0 Å². The molecule has 0 spiro atoms. The Bertz CT molecular complexity index is 449. The second kappa shape index (κ2) is 3.55. The maximum atomic E-state index is 5.89. The summed E-state index contributed by atoms with van der Waals surface area (Å²) in [6, 6.07) is 3.67. The minimum atomic E-state index is 0.692. The largest absolute Gasteiger partial charge is 0.302 e. The molecule has 5 heteroatoms. The van der Waals surface area contributed by atoms with Gasteiger partial charge in [-0.2, -0.15) is 0 Å². The molecule has 0 aliphatic rings. The van der Waals surface area contributed by atoms with Crippen LogP contribution in [0.25, 0.3) is 5.65 Å². The van der Waals surface area contributed by atoms with Crippen LogP contribution in [0, 0.1) is 0 Å². The third-order valence-electron chi connectivity index (χ3n) is 1.89. The normalized spacial score (nSPS) is 11.4. The van der Waals surface area contributed by atoms with Crippen molar-refractivity contribution in [2.75, 3.05) is 14.1 Å². The van der Waals surface area contributed by atoms with Crippen molar-refractivity contribution in [3.8, 4) is 0 Å². The first-order chi connectivity index (χ1) is 6.66. The molecule has 0 atom stereocenters. The summed E-state index contributed by atoms with van der Waals surface area (Å²) in [6.45, 7) is 0.751. The molecule has 0 saturated carbocycles. The molecule has 0 unspecified atom stereocenters. The Balaban J connectivity index is 2.50. The minimum Gasteiger partial charge on any atom is -0.302 e. The summed E-state index contributed by atoms with van der Waals surface area (Å²) in [5.41, 5.74) is 0.825. The van der Waals surface area contributed by atoms with Gasteiger partial charge in [0.25, 0.3) is 0 Å². The van der Waals surface area contributed by atoms with E-state index in [1.54, 1.807) is 0 Å². The monoisotopic (exact) mass is 210 g/mol. The molecule has 2 aromatic rings. The highest BCUT2D eigenvalue weighted by atomic mass is 35.5. The maximum absolute atomic E-state index is 5.89. The number of aromatic nitrogens is 3. The molecular weight excluding hydrogens is 200 g/mol. The van der Waals surface area contributed by atoms with Crippen LogP contribution < -0.4 is 0 Å². The summed E-state index contributed by atoms with van der Waals surface area (Å²) < 4.78 is 1.91. The van der Waals surface area contributed by atoms with Gasteiger partial charge in [-0.25, -0.2) is 0 Å². The summed E-state index contributed by atoms with van der Waals surface area (Å²) in [5.74, 6) is 0.896. The molecule has 4 nitrogen and oxygen atoms in total. The number of halogens is 1. The van der Waals surface area contributed by atoms with Crippen LogP contribution in [-0.4, -0.2) is 33.6 Å². The van der Waals surface area contributed by atoms with Gasteiger partial charge < -0.3 is 4.90 Å². The van der Waals surface area contributed by atoms with E-state index in [0.29, 0.717) is 5.02 Å². The van der Waals surface area contributed by atoms with E-state index in [-0.39, 0.29) is 0 Å². The lowest BCUT2D eigenvalue weighted by Crippen LogP contribution is -2.13. The number of nitrogens with zero attached hydrogens (tertiary/aromatic N) is 4.